The fraction of sp³-hybridized carbons (Fsp3) is 0.250. The van der Waals surface area contributed by atoms with Gasteiger partial charge in [-0.2, -0.15) is 0 Å². The van der Waals surface area contributed by atoms with Crippen LogP contribution >= 0.6 is 0 Å². The van der Waals surface area contributed by atoms with Crippen LogP contribution in [0.15, 0.2) is 42.6 Å². The van der Waals surface area contributed by atoms with Crippen molar-refractivity contribution in [1.29, 1.82) is 0 Å². The highest BCUT2D eigenvalue weighted by Gasteiger charge is 2.23. The lowest BCUT2D eigenvalue weighted by Gasteiger charge is -2.06. The third-order valence-corrected chi connectivity index (χ3v) is 3.17. The average Bonchev–Trinajstić information content (AvgIpc) is 3.23. The molecule has 1 aliphatic rings. The lowest BCUT2D eigenvalue weighted by Crippen LogP contribution is -2.06. The minimum absolute atomic E-state index is 0.0453. The van der Waals surface area contributed by atoms with Crippen LogP contribution in [0.4, 0.5) is 0 Å². The molecule has 1 aromatic heterocycles. The molecule has 2 aromatic rings. The first-order valence-electron chi connectivity index (χ1n) is 6.47. The number of nitrogens with zero attached hydrogens (tertiary/aromatic N) is 1. The Balaban J connectivity index is 1.81. The van der Waals surface area contributed by atoms with Gasteiger partial charge in [0.05, 0.1) is 6.10 Å². The monoisotopic (exact) mass is 253 g/mol. The summed E-state index contributed by atoms with van der Waals surface area (Å²) in [5.74, 6) is 0.785. The number of aromatic nitrogens is 1. The second-order valence-corrected chi connectivity index (χ2v) is 4.84. The SMILES string of the molecule is Cc1cccnc1C(=O)c1ccc(OC2CC2)cc1. The van der Waals surface area contributed by atoms with Crippen molar-refractivity contribution >= 4 is 5.78 Å². The largest absolute Gasteiger partial charge is 0.490 e. The van der Waals surface area contributed by atoms with E-state index in [-0.39, 0.29) is 5.78 Å². The predicted molar refractivity (Wildman–Crippen MR) is 72.5 cm³/mol. The summed E-state index contributed by atoms with van der Waals surface area (Å²) in [5, 5.41) is 0. The van der Waals surface area contributed by atoms with Crippen molar-refractivity contribution in [3.63, 3.8) is 0 Å². The maximum absolute atomic E-state index is 12.3. The van der Waals surface area contributed by atoms with Gasteiger partial charge in [0.25, 0.3) is 0 Å². The number of ether oxygens (including phenoxy) is 1. The molecule has 3 nitrogen and oxygen atoms in total. The summed E-state index contributed by atoms with van der Waals surface area (Å²) in [6.45, 7) is 1.89. The molecule has 3 rings (SSSR count). The van der Waals surface area contributed by atoms with Crippen LogP contribution in [0.2, 0.25) is 0 Å². The minimum atomic E-state index is -0.0453. The number of benzene rings is 1. The van der Waals surface area contributed by atoms with Crippen molar-refractivity contribution in [1.82, 2.24) is 4.98 Å². The Morgan fingerprint density at radius 1 is 1.21 bits per heavy atom. The molecule has 0 spiro atoms. The van der Waals surface area contributed by atoms with Gasteiger partial charge in [0.15, 0.2) is 0 Å². The second kappa shape index (κ2) is 4.84. The third-order valence-electron chi connectivity index (χ3n) is 3.17. The van der Waals surface area contributed by atoms with Gasteiger partial charge in [0.1, 0.15) is 11.4 Å². The second-order valence-electron chi connectivity index (χ2n) is 4.84. The third kappa shape index (κ3) is 2.65. The zero-order chi connectivity index (χ0) is 13.2. The Kier molecular flexibility index (Phi) is 3.03. The summed E-state index contributed by atoms with van der Waals surface area (Å²) in [4.78, 5) is 16.5. The van der Waals surface area contributed by atoms with Crippen LogP contribution in [0.1, 0.15) is 34.5 Å². The summed E-state index contributed by atoms with van der Waals surface area (Å²) in [6, 6.07) is 11.0. The molecule has 1 saturated carbocycles. The van der Waals surface area contributed by atoms with E-state index in [0.29, 0.717) is 17.4 Å². The van der Waals surface area contributed by atoms with Gasteiger partial charge in [-0.1, -0.05) is 6.07 Å². The Morgan fingerprint density at radius 3 is 2.58 bits per heavy atom. The predicted octanol–water partition coefficient (Wildman–Crippen LogP) is 3.16. The first-order chi connectivity index (χ1) is 9.24. The van der Waals surface area contributed by atoms with E-state index in [1.165, 1.54) is 0 Å². The topological polar surface area (TPSA) is 39.2 Å². The molecule has 3 heteroatoms. The molecular weight excluding hydrogens is 238 g/mol. The van der Waals surface area contributed by atoms with E-state index in [4.69, 9.17) is 4.74 Å². The lowest BCUT2D eigenvalue weighted by molar-refractivity contribution is 0.103. The molecule has 0 radical (unpaired) electrons. The van der Waals surface area contributed by atoms with Gasteiger partial charge in [0, 0.05) is 11.8 Å². The van der Waals surface area contributed by atoms with Gasteiger partial charge in [-0.25, -0.2) is 0 Å². The molecule has 1 aliphatic carbocycles. The molecule has 0 N–H and O–H groups in total. The van der Waals surface area contributed by atoms with E-state index in [1.807, 2.05) is 31.2 Å². The highest BCUT2D eigenvalue weighted by atomic mass is 16.5. The van der Waals surface area contributed by atoms with Gasteiger partial charge in [-0.15, -0.1) is 0 Å². The Bertz CT molecular complexity index is 600. The maximum Gasteiger partial charge on any atom is 0.211 e. The Morgan fingerprint density at radius 2 is 1.95 bits per heavy atom. The fourth-order valence-electron chi connectivity index (χ4n) is 1.92. The van der Waals surface area contributed by atoms with Crippen molar-refractivity contribution < 1.29 is 9.53 Å². The van der Waals surface area contributed by atoms with Crippen LogP contribution in [0.5, 0.6) is 5.75 Å². The summed E-state index contributed by atoms with van der Waals surface area (Å²) < 4.78 is 5.66. The van der Waals surface area contributed by atoms with Crippen LogP contribution in [0, 0.1) is 6.92 Å². The molecule has 96 valence electrons. The minimum Gasteiger partial charge on any atom is -0.490 e. The van der Waals surface area contributed by atoms with E-state index in [2.05, 4.69) is 4.98 Å². The number of carbonyl (C=O) groups is 1. The van der Waals surface area contributed by atoms with E-state index < -0.39 is 0 Å². The zero-order valence-corrected chi connectivity index (χ0v) is 10.8. The Hall–Kier alpha value is -2.16. The van der Waals surface area contributed by atoms with Crippen molar-refractivity contribution in [2.24, 2.45) is 0 Å². The standard InChI is InChI=1S/C16H15NO2/c1-11-3-2-10-17-15(11)16(18)12-4-6-13(7-5-12)19-14-8-9-14/h2-7,10,14H,8-9H2,1H3. The highest BCUT2D eigenvalue weighted by molar-refractivity contribution is 6.08. The normalized spacial score (nSPS) is 14.2. The first kappa shape index (κ1) is 11.9. The molecule has 1 aromatic carbocycles. The van der Waals surface area contributed by atoms with Crippen molar-refractivity contribution in [3.05, 3.63) is 59.4 Å². The van der Waals surface area contributed by atoms with Crippen molar-refractivity contribution in [2.45, 2.75) is 25.9 Å². The van der Waals surface area contributed by atoms with Crippen LogP contribution in [-0.4, -0.2) is 16.9 Å². The van der Waals surface area contributed by atoms with E-state index in [9.17, 15) is 4.79 Å². The number of rotatable bonds is 4. The molecule has 0 bridgehead atoms. The molecule has 0 unspecified atom stereocenters. The lowest BCUT2D eigenvalue weighted by atomic mass is 10.0. The highest BCUT2D eigenvalue weighted by Crippen LogP contribution is 2.27. The Labute approximate surface area is 112 Å². The maximum atomic E-state index is 12.3. The van der Waals surface area contributed by atoms with E-state index in [0.717, 1.165) is 24.2 Å². The van der Waals surface area contributed by atoms with Gasteiger partial charge < -0.3 is 4.74 Å². The zero-order valence-electron chi connectivity index (χ0n) is 10.8. The number of aryl methyl sites for hydroxylation is 1. The number of ketones is 1. The number of hydrogen-bond acceptors (Lipinski definition) is 3. The average molecular weight is 253 g/mol. The number of pyridine rings is 1. The smallest absolute Gasteiger partial charge is 0.211 e. The van der Waals surface area contributed by atoms with Crippen LogP contribution in [0.3, 0.4) is 0 Å². The summed E-state index contributed by atoms with van der Waals surface area (Å²) in [5.41, 5.74) is 2.05. The van der Waals surface area contributed by atoms with Crippen LogP contribution in [0.25, 0.3) is 0 Å². The number of carbonyl (C=O) groups excluding carboxylic acids is 1. The van der Waals surface area contributed by atoms with Gasteiger partial charge in [-0.3, -0.25) is 9.78 Å². The summed E-state index contributed by atoms with van der Waals surface area (Å²) >= 11 is 0. The van der Waals surface area contributed by atoms with E-state index in [1.54, 1.807) is 18.3 Å². The molecule has 0 amide bonds. The molecule has 19 heavy (non-hydrogen) atoms. The molecule has 0 atom stereocenters. The van der Waals surface area contributed by atoms with Crippen molar-refractivity contribution in [3.8, 4) is 5.75 Å². The molecule has 1 heterocycles. The molecular formula is C16H15NO2. The molecule has 1 fully saturated rings. The van der Waals surface area contributed by atoms with Gasteiger partial charge in [0.2, 0.25) is 5.78 Å². The molecule has 0 aliphatic heterocycles. The summed E-state index contributed by atoms with van der Waals surface area (Å²) in [7, 11) is 0. The van der Waals surface area contributed by atoms with Crippen LogP contribution < -0.4 is 4.74 Å². The van der Waals surface area contributed by atoms with Crippen molar-refractivity contribution in [2.75, 3.05) is 0 Å². The van der Waals surface area contributed by atoms with Gasteiger partial charge in [-0.05, 0) is 55.7 Å². The first-order valence-corrected chi connectivity index (χ1v) is 6.47. The fourth-order valence-corrected chi connectivity index (χ4v) is 1.92. The number of hydrogen-bond donors (Lipinski definition) is 0. The summed E-state index contributed by atoms with van der Waals surface area (Å²) in [6.07, 6.45) is 4.28. The van der Waals surface area contributed by atoms with Crippen LogP contribution in [-0.2, 0) is 0 Å². The molecule has 0 saturated heterocycles. The quantitative estimate of drug-likeness (QED) is 0.786. The van der Waals surface area contributed by atoms with Gasteiger partial charge >= 0.3 is 0 Å². The van der Waals surface area contributed by atoms with E-state index >= 15 is 0 Å².